The molecule has 0 atom stereocenters. The number of nitrogens with one attached hydrogen (secondary N) is 1. The van der Waals surface area contributed by atoms with Crippen molar-refractivity contribution in [2.24, 2.45) is 0 Å². The Morgan fingerprint density at radius 2 is 1.77 bits per heavy atom. The number of likely N-dealkylation sites (N-methyl/N-ethyl adjacent to an activating group) is 1. The number of halogens is 1. The van der Waals surface area contributed by atoms with Gasteiger partial charge in [-0.2, -0.15) is 0 Å². The second-order valence-corrected chi connectivity index (χ2v) is 7.40. The molecule has 1 aliphatic rings. The first-order valence-electron chi connectivity index (χ1n) is 9.55. The smallest absolute Gasteiger partial charge is 0.238 e. The summed E-state index contributed by atoms with van der Waals surface area (Å²) in [6.07, 6.45) is 5.82. The van der Waals surface area contributed by atoms with E-state index in [0.29, 0.717) is 23.8 Å². The summed E-state index contributed by atoms with van der Waals surface area (Å²) < 4.78 is 0. The summed E-state index contributed by atoms with van der Waals surface area (Å²) in [5, 5.41) is 3.49. The van der Waals surface area contributed by atoms with Crippen LogP contribution in [0.15, 0.2) is 18.2 Å². The van der Waals surface area contributed by atoms with Gasteiger partial charge in [-0.3, -0.25) is 14.5 Å². The largest absolute Gasteiger partial charge is 0.342 e. The highest BCUT2D eigenvalue weighted by Gasteiger charge is 2.19. The summed E-state index contributed by atoms with van der Waals surface area (Å²) in [7, 11) is 0. The molecule has 6 heteroatoms. The van der Waals surface area contributed by atoms with Gasteiger partial charge in [0.25, 0.3) is 0 Å². The fourth-order valence-electron chi connectivity index (χ4n) is 3.19. The molecule has 1 aliphatic heterocycles. The van der Waals surface area contributed by atoms with E-state index in [1.165, 1.54) is 19.3 Å². The quantitative estimate of drug-likeness (QED) is 0.819. The second kappa shape index (κ2) is 10.5. The highest BCUT2D eigenvalue weighted by Crippen LogP contribution is 2.20. The van der Waals surface area contributed by atoms with Crippen molar-refractivity contribution in [1.29, 1.82) is 0 Å². The minimum atomic E-state index is -0.127. The number of rotatable bonds is 6. The van der Waals surface area contributed by atoms with E-state index in [9.17, 15) is 9.59 Å². The number of anilines is 1. The van der Waals surface area contributed by atoms with E-state index >= 15 is 0 Å². The molecule has 1 heterocycles. The molecule has 5 nitrogen and oxygen atoms in total. The lowest BCUT2D eigenvalue weighted by atomic mass is 10.1. The van der Waals surface area contributed by atoms with Gasteiger partial charge in [-0.25, -0.2) is 0 Å². The molecule has 1 aromatic carbocycles. The molecule has 0 saturated carbocycles. The number of carbonyl (C=O) groups is 2. The van der Waals surface area contributed by atoms with Gasteiger partial charge in [0.05, 0.1) is 13.1 Å². The van der Waals surface area contributed by atoms with E-state index in [4.69, 9.17) is 11.6 Å². The summed E-state index contributed by atoms with van der Waals surface area (Å²) in [6.45, 7) is 6.71. The first kappa shape index (κ1) is 20.7. The number of hydrogen-bond acceptors (Lipinski definition) is 3. The molecule has 144 valence electrons. The van der Waals surface area contributed by atoms with E-state index in [0.717, 1.165) is 31.5 Å². The highest BCUT2D eigenvalue weighted by molar-refractivity contribution is 6.31. The van der Waals surface area contributed by atoms with Crippen LogP contribution in [0.3, 0.4) is 0 Å². The van der Waals surface area contributed by atoms with Crippen LogP contribution in [0, 0.1) is 6.92 Å². The van der Waals surface area contributed by atoms with Crippen molar-refractivity contribution in [3.8, 4) is 0 Å². The van der Waals surface area contributed by atoms with Gasteiger partial charge in [-0.15, -0.1) is 0 Å². The van der Waals surface area contributed by atoms with Crippen LogP contribution in [0.25, 0.3) is 0 Å². The van der Waals surface area contributed by atoms with Crippen molar-refractivity contribution in [2.75, 3.05) is 38.0 Å². The Labute approximate surface area is 161 Å². The summed E-state index contributed by atoms with van der Waals surface area (Å²) in [6, 6.07) is 5.42. The first-order valence-corrected chi connectivity index (χ1v) is 9.93. The Morgan fingerprint density at radius 3 is 2.42 bits per heavy atom. The topological polar surface area (TPSA) is 52.7 Å². The fourth-order valence-corrected chi connectivity index (χ4v) is 3.36. The van der Waals surface area contributed by atoms with Crippen LogP contribution in [0.4, 0.5) is 5.69 Å². The second-order valence-electron chi connectivity index (χ2n) is 6.96. The van der Waals surface area contributed by atoms with E-state index in [-0.39, 0.29) is 18.4 Å². The third-order valence-corrected chi connectivity index (χ3v) is 5.09. The molecule has 0 bridgehead atoms. The number of likely N-dealkylation sites (tertiary alicyclic amines) is 1. The molecule has 1 fully saturated rings. The van der Waals surface area contributed by atoms with Crippen molar-refractivity contribution in [3.63, 3.8) is 0 Å². The van der Waals surface area contributed by atoms with E-state index in [2.05, 4.69) is 5.32 Å². The molecule has 26 heavy (non-hydrogen) atoms. The van der Waals surface area contributed by atoms with Crippen LogP contribution in [0.1, 0.15) is 44.6 Å². The van der Waals surface area contributed by atoms with Crippen molar-refractivity contribution in [3.05, 3.63) is 28.8 Å². The minimum Gasteiger partial charge on any atom is -0.342 e. The van der Waals surface area contributed by atoms with Gasteiger partial charge in [0.1, 0.15) is 0 Å². The van der Waals surface area contributed by atoms with E-state index in [1.54, 1.807) is 12.1 Å². The Morgan fingerprint density at radius 1 is 1.12 bits per heavy atom. The van der Waals surface area contributed by atoms with Crippen molar-refractivity contribution in [2.45, 2.75) is 46.0 Å². The molecular weight excluding hydrogens is 350 g/mol. The normalized spacial score (nSPS) is 15.5. The maximum absolute atomic E-state index is 12.6. The summed E-state index contributed by atoms with van der Waals surface area (Å²) in [4.78, 5) is 28.8. The molecule has 2 amide bonds. The molecule has 0 aromatic heterocycles. The Kier molecular flexibility index (Phi) is 8.39. The zero-order valence-electron chi connectivity index (χ0n) is 15.9. The number of benzene rings is 1. The van der Waals surface area contributed by atoms with Gasteiger partial charge in [0.15, 0.2) is 0 Å². The predicted molar refractivity (Wildman–Crippen MR) is 107 cm³/mol. The van der Waals surface area contributed by atoms with Crippen LogP contribution < -0.4 is 5.32 Å². The summed E-state index contributed by atoms with van der Waals surface area (Å²) in [5.74, 6) is -0.00170. The third-order valence-electron chi connectivity index (χ3n) is 4.86. The molecule has 2 rings (SSSR count). The summed E-state index contributed by atoms with van der Waals surface area (Å²) >= 11 is 6.00. The molecule has 0 aliphatic carbocycles. The van der Waals surface area contributed by atoms with Crippen LogP contribution in [0.2, 0.25) is 5.02 Å². The lowest BCUT2D eigenvalue weighted by Crippen LogP contribution is -2.44. The van der Waals surface area contributed by atoms with Crippen molar-refractivity contribution in [1.82, 2.24) is 9.80 Å². The van der Waals surface area contributed by atoms with Crippen LogP contribution >= 0.6 is 11.6 Å². The number of carbonyl (C=O) groups excluding carboxylic acids is 2. The van der Waals surface area contributed by atoms with Crippen LogP contribution in [-0.2, 0) is 9.59 Å². The average Bonchev–Trinajstić information content (AvgIpc) is 2.57. The Bertz CT molecular complexity index is 613. The lowest BCUT2D eigenvalue weighted by molar-refractivity contribution is -0.133. The van der Waals surface area contributed by atoms with Gasteiger partial charge in [0, 0.05) is 23.8 Å². The summed E-state index contributed by atoms with van der Waals surface area (Å²) in [5.41, 5.74) is 1.68. The SMILES string of the molecule is CCN(CC(=O)Nc1cc(Cl)ccc1C)CC(=O)N1CCCCCCC1. The fraction of sp³-hybridized carbons (Fsp3) is 0.600. The average molecular weight is 380 g/mol. The molecule has 0 radical (unpaired) electrons. The zero-order valence-corrected chi connectivity index (χ0v) is 16.6. The molecule has 0 unspecified atom stereocenters. The van der Waals surface area contributed by atoms with Gasteiger partial charge in [0.2, 0.25) is 11.8 Å². The van der Waals surface area contributed by atoms with Crippen LogP contribution in [-0.4, -0.2) is 54.3 Å². The number of nitrogens with zero attached hydrogens (tertiary/aromatic N) is 2. The predicted octanol–water partition coefficient (Wildman–Crippen LogP) is 3.70. The Balaban J connectivity index is 1.88. The number of hydrogen-bond donors (Lipinski definition) is 1. The lowest BCUT2D eigenvalue weighted by Gasteiger charge is -2.28. The number of amides is 2. The van der Waals surface area contributed by atoms with Crippen molar-refractivity contribution < 1.29 is 9.59 Å². The van der Waals surface area contributed by atoms with Gasteiger partial charge in [-0.05, 0) is 44.0 Å². The van der Waals surface area contributed by atoms with Gasteiger partial charge in [-0.1, -0.05) is 43.9 Å². The number of aryl methyl sites for hydroxylation is 1. The minimum absolute atomic E-state index is 0.125. The highest BCUT2D eigenvalue weighted by atomic mass is 35.5. The van der Waals surface area contributed by atoms with E-state index < -0.39 is 0 Å². The monoisotopic (exact) mass is 379 g/mol. The van der Waals surface area contributed by atoms with E-state index in [1.807, 2.05) is 29.7 Å². The maximum atomic E-state index is 12.6. The van der Waals surface area contributed by atoms with Gasteiger partial charge >= 0.3 is 0 Å². The van der Waals surface area contributed by atoms with Crippen molar-refractivity contribution >= 4 is 29.1 Å². The Hall–Kier alpha value is -1.59. The third kappa shape index (κ3) is 6.61. The standard InChI is InChI=1S/C20H30ClN3O2/c1-3-23(15-20(26)24-11-7-5-4-6-8-12-24)14-19(25)22-18-13-17(21)10-9-16(18)2/h9-10,13H,3-8,11-12,14-15H2,1-2H3,(H,22,25). The maximum Gasteiger partial charge on any atom is 0.238 e. The van der Waals surface area contributed by atoms with Crippen LogP contribution in [0.5, 0.6) is 0 Å². The first-order chi connectivity index (χ1) is 12.5. The molecule has 0 spiro atoms. The molecule has 1 N–H and O–H groups in total. The molecule has 1 aromatic rings. The molecular formula is C20H30ClN3O2. The van der Waals surface area contributed by atoms with Gasteiger partial charge < -0.3 is 10.2 Å². The zero-order chi connectivity index (χ0) is 18.9. The molecule has 1 saturated heterocycles.